The van der Waals surface area contributed by atoms with Crippen molar-refractivity contribution in [1.29, 1.82) is 0 Å². The van der Waals surface area contributed by atoms with E-state index >= 15 is 0 Å². The van der Waals surface area contributed by atoms with Crippen molar-refractivity contribution in [2.75, 3.05) is 13.2 Å². The molecule has 1 aliphatic carbocycles. The summed E-state index contributed by atoms with van der Waals surface area (Å²) in [6, 6.07) is 17.2. The van der Waals surface area contributed by atoms with Gasteiger partial charge in [-0.05, 0) is 79.6 Å². The number of amides is 1. The predicted octanol–water partition coefficient (Wildman–Crippen LogP) is 8.99. The maximum atomic E-state index is 13.7. The fraction of sp³-hybridized carbons (Fsp3) is 0.323. The van der Waals surface area contributed by atoms with Crippen LogP contribution in [0.1, 0.15) is 36.0 Å². The van der Waals surface area contributed by atoms with Crippen LogP contribution in [0, 0.1) is 12.8 Å². The number of nitrogens with zero attached hydrogens (tertiary/aromatic N) is 1. The third-order valence-electron chi connectivity index (χ3n) is 6.59. The van der Waals surface area contributed by atoms with Gasteiger partial charge in [-0.1, -0.05) is 76.7 Å². The Balaban J connectivity index is 1.34. The summed E-state index contributed by atoms with van der Waals surface area (Å²) in [6.07, 6.45) is 5.01. The Morgan fingerprint density at radius 3 is 2.31 bits per heavy atom. The van der Waals surface area contributed by atoms with E-state index in [0.29, 0.717) is 64.2 Å². The Kier molecular flexibility index (Phi) is 10.5. The number of carbonyl (C=O) groups is 1. The summed E-state index contributed by atoms with van der Waals surface area (Å²) in [6.45, 7) is 6.89. The Bertz CT molecular complexity index is 1280. The quantitative estimate of drug-likeness (QED) is 0.144. The number of aryl methyl sites for hydroxylation is 1. The van der Waals surface area contributed by atoms with E-state index in [-0.39, 0.29) is 17.9 Å². The minimum Gasteiger partial charge on any atom is -0.490 e. The van der Waals surface area contributed by atoms with Crippen LogP contribution in [0.2, 0.25) is 20.1 Å². The third kappa shape index (κ3) is 8.08. The highest BCUT2D eigenvalue weighted by Crippen LogP contribution is 2.35. The lowest BCUT2D eigenvalue weighted by molar-refractivity contribution is -0.136. The number of hydrogen-bond acceptors (Lipinski definition) is 3. The molecule has 206 valence electrons. The Morgan fingerprint density at radius 2 is 1.67 bits per heavy atom. The molecule has 1 fully saturated rings. The standard InChI is InChI=1S/C31H31Cl4NO3/c1-3-5-22(31(37)36(24-10-11-24)19-23-6-4-7-26(32)29(23)35)18-21-8-12-25(13-9-21)38-14-15-39-30-27(33)16-20(2)17-28(30)34/h3-4,6-9,12-13,16-17,22,24H,1,5,10-11,14-15,18-19H2,2H3. The molecule has 0 aromatic heterocycles. The number of carbonyl (C=O) groups excluding carboxylic acids is 1. The monoisotopic (exact) mass is 605 g/mol. The van der Waals surface area contributed by atoms with Crippen LogP contribution in [0.5, 0.6) is 11.5 Å². The van der Waals surface area contributed by atoms with Crippen molar-refractivity contribution in [2.24, 2.45) is 5.92 Å². The molecule has 0 radical (unpaired) electrons. The van der Waals surface area contributed by atoms with Gasteiger partial charge in [0, 0.05) is 18.5 Å². The molecule has 3 aromatic carbocycles. The highest BCUT2D eigenvalue weighted by atomic mass is 35.5. The molecule has 0 saturated heterocycles. The van der Waals surface area contributed by atoms with Crippen LogP contribution in [0.3, 0.4) is 0 Å². The molecule has 4 rings (SSSR count). The second-order valence-electron chi connectivity index (χ2n) is 9.73. The summed E-state index contributed by atoms with van der Waals surface area (Å²) in [5.41, 5.74) is 2.88. The largest absolute Gasteiger partial charge is 0.490 e. The molecule has 0 spiro atoms. The van der Waals surface area contributed by atoms with E-state index in [0.717, 1.165) is 29.5 Å². The van der Waals surface area contributed by atoms with Gasteiger partial charge in [0.05, 0.1) is 20.1 Å². The molecule has 0 N–H and O–H groups in total. The van der Waals surface area contributed by atoms with Gasteiger partial charge in [0.25, 0.3) is 0 Å². The summed E-state index contributed by atoms with van der Waals surface area (Å²) in [7, 11) is 0. The summed E-state index contributed by atoms with van der Waals surface area (Å²) in [4.78, 5) is 15.6. The van der Waals surface area contributed by atoms with Crippen molar-refractivity contribution in [3.8, 4) is 11.5 Å². The van der Waals surface area contributed by atoms with Crippen LogP contribution in [0.4, 0.5) is 0 Å². The van der Waals surface area contributed by atoms with Crippen LogP contribution in [0.25, 0.3) is 0 Å². The first-order valence-corrected chi connectivity index (χ1v) is 14.4. The number of halogens is 4. The van der Waals surface area contributed by atoms with Crippen molar-refractivity contribution < 1.29 is 14.3 Å². The molecule has 0 aliphatic heterocycles. The van der Waals surface area contributed by atoms with Gasteiger partial charge in [0.1, 0.15) is 19.0 Å². The van der Waals surface area contributed by atoms with Gasteiger partial charge >= 0.3 is 0 Å². The first-order valence-electron chi connectivity index (χ1n) is 12.9. The second-order valence-corrected chi connectivity index (χ2v) is 11.3. The Labute approximate surface area is 250 Å². The highest BCUT2D eigenvalue weighted by molar-refractivity contribution is 6.42. The van der Waals surface area contributed by atoms with Gasteiger partial charge in [0.15, 0.2) is 5.75 Å². The number of allylic oxidation sites excluding steroid dienone is 1. The van der Waals surface area contributed by atoms with Gasteiger partial charge in [-0.25, -0.2) is 0 Å². The fourth-order valence-electron chi connectivity index (χ4n) is 4.47. The van der Waals surface area contributed by atoms with E-state index in [1.807, 2.05) is 66.4 Å². The molecule has 1 unspecified atom stereocenters. The molecule has 8 heteroatoms. The molecule has 0 bridgehead atoms. The second kappa shape index (κ2) is 13.8. The molecule has 1 amide bonds. The van der Waals surface area contributed by atoms with Gasteiger partial charge < -0.3 is 14.4 Å². The van der Waals surface area contributed by atoms with E-state index in [9.17, 15) is 4.79 Å². The zero-order chi connectivity index (χ0) is 27.9. The Morgan fingerprint density at radius 1 is 1.00 bits per heavy atom. The van der Waals surface area contributed by atoms with Gasteiger partial charge in [-0.2, -0.15) is 0 Å². The molecule has 0 heterocycles. The molecular formula is C31H31Cl4NO3. The highest BCUT2D eigenvalue weighted by Gasteiger charge is 2.36. The number of benzene rings is 3. The zero-order valence-electron chi connectivity index (χ0n) is 21.8. The fourth-order valence-corrected chi connectivity index (χ4v) is 5.55. The molecular weight excluding hydrogens is 576 g/mol. The van der Waals surface area contributed by atoms with Crippen LogP contribution >= 0.6 is 46.4 Å². The normalized spacial score (nSPS) is 13.6. The van der Waals surface area contributed by atoms with E-state index in [2.05, 4.69) is 6.58 Å². The topological polar surface area (TPSA) is 38.8 Å². The summed E-state index contributed by atoms with van der Waals surface area (Å²) < 4.78 is 11.5. The molecule has 4 nitrogen and oxygen atoms in total. The summed E-state index contributed by atoms with van der Waals surface area (Å²) in [5, 5.41) is 1.95. The van der Waals surface area contributed by atoms with Crippen molar-refractivity contribution in [2.45, 2.75) is 45.2 Å². The van der Waals surface area contributed by atoms with Gasteiger partial charge in [0.2, 0.25) is 5.91 Å². The third-order valence-corrected chi connectivity index (χ3v) is 8.01. The lowest BCUT2D eigenvalue weighted by atomic mass is 9.94. The maximum Gasteiger partial charge on any atom is 0.226 e. The molecule has 1 saturated carbocycles. The summed E-state index contributed by atoms with van der Waals surface area (Å²) >= 11 is 25.1. The van der Waals surface area contributed by atoms with E-state index in [1.54, 1.807) is 6.07 Å². The minimum absolute atomic E-state index is 0.111. The van der Waals surface area contributed by atoms with Crippen molar-refractivity contribution in [1.82, 2.24) is 4.90 Å². The van der Waals surface area contributed by atoms with Gasteiger partial charge in [-0.15, -0.1) is 6.58 Å². The molecule has 3 aromatic rings. The smallest absolute Gasteiger partial charge is 0.226 e. The first kappa shape index (κ1) is 29.6. The van der Waals surface area contributed by atoms with Crippen molar-refractivity contribution in [3.63, 3.8) is 0 Å². The predicted molar refractivity (Wildman–Crippen MR) is 161 cm³/mol. The first-order chi connectivity index (χ1) is 18.8. The number of rotatable bonds is 13. The van der Waals surface area contributed by atoms with Crippen molar-refractivity contribution in [3.05, 3.63) is 104 Å². The average Bonchev–Trinajstić information content (AvgIpc) is 3.74. The SMILES string of the molecule is C=CCC(Cc1ccc(OCCOc2c(Cl)cc(C)cc2Cl)cc1)C(=O)N(Cc1cccc(Cl)c1Cl)C1CC1. The van der Waals surface area contributed by atoms with Crippen LogP contribution < -0.4 is 9.47 Å². The minimum atomic E-state index is -0.217. The van der Waals surface area contributed by atoms with E-state index < -0.39 is 0 Å². The molecule has 39 heavy (non-hydrogen) atoms. The van der Waals surface area contributed by atoms with Crippen molar-refractivity contribution >= 4 is 52.3 Å². The van der Waals surface area contributed by atoms with E-state index in [4.69, 9.17) is 55.9 Å². The summed E-state index contributed by atoms with van der Waals surface area (Å²) in [5.74, 6) is 1.06. The average molecular weight is 607 g/mol. The van der Waals surface area contributed by atoms with Crippen LogP contribution in [-0.2, 0) is 17.8 Å². The van der Waals surface area contributed by atoms with Crippen LogP contribution in [-0.4, -0.2) is 30.1 Å². The van der Waals surface area contributed by atoms with Gasteiger partial charge in [-0.3, -0.25) is 4.79 Å². The maximum absolute atomic E-state index is 13.7. The number of ether oxygens (including phenoxy) is 2. The molecule has 1 aliphatic rings. The molecule has 1 atom stereocenters. The lowest BCUT2D eigenvalue weighted by Gasteiger charge is -2.28. The lowest BCUT2D eigenvalue weighted by Crippen LogP contribution is -2.38. The Hall–Kier alpha value is -2.37. The number of hydrogen-bond donors (Lipinski definition) is 0. The van der Waals surface area contributed by atoms with Crippen LogP contribution in [0.15, 0.2) is 67.3 Å². The van der Waals surface area contributed by atoms with E-state index in [1.165, 1.54) is 0 Å². The zero-order valence-corrected chi connectivity index (χ0v) is 24.8.